The van der Waals surface area contributed by atoms with E-state index in [0.29, 0.717) is 0 Å². The van der Waals surface area contributed by atoms with Crippen LogP contribution < -0.4 is 5.32 Å². The number of aliphatic hydroxyl groups is 1. The van der Waals surface area contributed by atoms with Crippen LogP contribution in [0.2, 0.25) is 0 Å². The average molecular weight is 402 g/mol. The van der Waals surface area contributed by atoms with Gasteiger partial charge in [-0.1, -0.05) is 18.2 Å². The fourth-order valence-corrected chi connectivity index (χ4v) is 3.83. The number of halogens is 4. The summed E-state index contributed by atoms with van der Waals surface area (Å²) in [6.45, 7) is 0. The molecule has 0 spiro atoms. The topological polar surface area (TPSA) is 69.6 Å². The number of carbonyl (C=O) groups is 2. The summed E-state index contributed by atoms with van der Waals surface area (Å²) < 4.78 is 54.8. The van der Waals surface area contributed by atoms with Crippen molar-refractivity contribution in [3.05, 3.63) is 58.0 Å². The number of nitrogens with zero attached hydrogens (tertiary/aromatic N) is 1. The monoisotopic (exact) mass is 402 g/mol. The molecule has 0 unspecified atom stereocenters. The second-order valence-electron chi connectivity index (χ2n) is 6.08. The summed E-state index contributed by atoms with van der Waals surface area (Å²) in [6, 6.07) is 4.44. The predicted octanol–water partition coefficient (Wildman–Crippen LogP) is 3.33. The van der Waals surface area contributed by atoms with Crippen LogP contribution in [0.3, 0.4) is 0 Å². The second kappa shape index (κ2) is 6.61. The maximum absolute atomic E-state index is 13.9. The number of hydrogen-bond donors (Lipinski definition) is 2. The van der Waals surface area contributed by atoms with Crippen LogP contribution in [0.5, 0.6) is 0 Å². The molecule has 0 saturated carbocycles. The third-order valence-corrected chi connectivity index (χ3v) is 5.44. The smallest absolute Gasteiger partial charge is 0.363 e. The molecule has 1 aromatic carbocycles. The first kappa shape index (κ1) is 19.3. The molecular weight excluding hydrogens is 388 g/mol. The zero-order valence-electron chi connectivity index (χ0n) is 13.8. The van der Waals surface area contributed by atoms with Crippen molar-refractivity contribution in [2.75, 3.05) is 7.05 Å². The maximum Gasteiger partial charge on any atom is 0.437 e. The molecule has 0 radical (unpaired) electrons. The molecule has 0 aliphatic carbocycles. The minimum absolute atomic E-state index is 0.000615. The van der Waals surface area contributed by atoms with Crippen molar-refractivity contribution < 1.29 is 32.3 Å². The highest BCUT2D eigenvalue weighted by atomic mass is 32.1. The molecule has 5 nitrogen and oxygen atoms in total. The van der Waals surface area contributed by atoms with Crippen molar-refractivity contribution in [3.8, 4) is 0 Å². The number of carbonyl (C=O) groups excluding carboxylic acids is 2. The average Bonchev–Trinajstić information content (AvgIpc) is 3.13. The maximum atomic E-state index is 13.9. The lowest BCUT2D eigenvalue weighted by atomic mass is 9.78. The number of urea groups is 1. The van der Waals surface area contributed by atoms with Gasteiger partial charge in [0.25, 0.3) is 5.72 Å². The molecule has 2 amide bonds. The Morgan fingerprint density at radius 2 is 1.89 bits per heavy atom. The molecule has 1 aliphatic heterocycles. The molecule has 1 saturated heterocycles. The Morgan fingerprint density at radius 1 is 1.26 bits per heavy atom. The van der Waals surface area contributed by atoms with Crippen molar-refractivity contribution >= 4 is 23.2 Å². The summed E-state index contributed by atoms with van der Waals surface area (Å²) in [7, 11) is 0.762. The highest BCUT2D eigenvalue weighted by Crippen LogP contribution is 2.47. The quantitative estimate of drug-likeness (QED) is 0.611. The van der Waals surface area contributed by atoms with Gasteiger partial charge in [-0.3, -0.25) is 9.69 Å². The lowest BCUT2D eigenvalue weighted by Gasteiger charge is -2.49. The van der Waals surface area contributed by atoms with Gasteiger partial charge in [0.05, 0.1) is 10.9 Å². The number of nitrogens with one attached hydrogen (secondary N) is 1. The Balaban J connectivity index is 2.19. The molecule has 2 N–H and O–H groups in total. The van der Waals surface area contributed by atoms with Crippen LogP contribution in [0.1, 0.15) is 21.3 Å². The molecule has 1 aromatic heterocycles. The summed E-state index contributed by atoms with van der Waals surface area (Å²) in [4.78, 5) is 25.1. The molecule has 0 bridgehead atoms. The van der Waals surface area contributed by atoms with Crippen LogP contribution in [0.25, 0.3) is 0 Å². The van der Waals surface area contributed by atoms with Crippen LogP contribution in [-0.2, 0) is 0 Å². The van der Waals surface area contributed by atoms with Gasteiger partial charge in [0.2, 0.25) is 0 Å². The van der Waals surface area contributed by atoms with E-state index in [1.165, 1.54) is 17.5 Å². The van der Waals surface area contributed by atoms with Crippen molar-refractivity contribution in [3.63, 3.8) is 0 Å². The summed E-state index contributed by atoms with van der Waals surface area (Å²) >= 11 is 0.919. The molecule has 10 heteroatoms. The molecule has 1 fully saturated rings. The van der Waals surface area contributed by atoms with E-state index in [1.54, 1.807) is 0 Å². The Bertz CT molecular complexity index is 854. The molecule has 2 heterocycles. The number of benzene rings is 1. The van der Waals surface area contributed by atoms with Gasteiger partial charge in [0.15, 0.2) is 5.78 Å². The summed E-state index contributed by atoms with van der Waals surface area (Å²) in [5.41, 5.74) is -3.68. The first-order valence-corrected chi connectivity index (χ1v) is 8.62. The number of alkyl halides is 3. The Hall–Kier alpha value is -2.46. The molecule has 2 aromatic rings. The van der Waals surface area contributed by atoms with Gasteiger partial charge < -0.3 is 10.4 Å². The minimum Gasteiger partial charge on any atom is -0.363 e. The zero-order chi connectivity index (χ0) is 20.0. The molecule has 3 atom stereocenters. The van der Waals surface area contributed by atoms with E-state index in [9.17, 15) is 32.3 Å². The van der Waals surface area contributed by atoms with Crippen LogP contribution >= 0.6 is 11.3 Å². The SMILES string of the molecule is CN1C(=O)N[C@@H](c2ccc(F)cc2)[C@H](C(=O)c2cccs2)[C@]1(O)C(F)(F)F. The fourth-order valence-electron chi connectivity index (χ4n) is 3.13. The van der Waals surface area contributed by atoms with Gasteiger partial charge in [-0.05, 0) is 29.1 Å². The Morgan fingerprint density at radius 3 is 2.41 bits per heavy atom. The van der Waals surface area contributed by atoms with Crippen molar-refractivity contribution in [1.29, 1.82) is 0 Å². The van der Waals surface area contributed by atoms with E-state index in [2.05, 4.69) is 5.32 Å². The molecule has 3 rings (SSSR count). The van der Waals surface area contributed by atoms with Gasteiger partial charge in [-0.2, -0.15) is 13.2 Å². The van der Waals surface area contributed by atoms with E-state index >= 15 is 0 Å². The van der Waals surface area contributed by atoms with Crippen LogP contribution in [0.15, 0.2) is 41.8 Å². The number of thiophene rings is 1. The van der Waals surface area contributed by atoms with Gasteiger partial charge in [0, 0.05) is 7.05 Å². The van der Waals surface area contributed by atoms with E-state index in [4.69, 9.17) is 0 Å². The highest BCUT2D eigenvalue weighted by molar-refractivity contribution is 7.12. The van der Waals surface area contributed by atoms with Crippen LogP contribution in [0.4, 0.5) is 22.4 Å². The largest absolute Gasteiger partial charge is 0.437 e. The molecule has 27 heavy (non-hydrogen) atoms. The number of Topliss-reactive ketones (excluding diaryl/α,β-unsaturated/α-hetero) is 1. The molecule has 1 aliphatic rings. The first-order valence-electron chi connectivity index (χ1n) is 7.74. The lowest BCUT2D eigenvalue weighted by molar-refractivity contribution is -0.322. The number of hydrogen-bond acceptors (Lipinski definition) is 4. The summed E-state index contributed by atoms with van der Waals surface area (Å²) in [6.07, 6.45) is -5.31. The van der Waals surface area contributed by atoms with Crippen LogP contribution in [0, 0.1) is 11.7 Å². The fraction of sp³-hybridized carbons (Fsp3) is 0.294. The van der Waals surface area contributed by atoms with E-state index in [1.807, 2.05) is 0 Å². The van der Waals surface area contributed by atoms with Gasteiger partial charge in [-0.25, -0.2) is 9.18 Å². The van der Waals surface area contributed by atoms with Gasteiger partial charge >= 0.3 is 12.2 Å². The third-order valence-electron chi connectivity index (χ3n) is 4.55. The van der Waals surface area contributed by atoms with Crippen molar-refractivity contribution in [1.82, 2.24) is 10.2 Å². The zero-order valence-corrected chi connectivity index (χ0v) is 14.6. The summed E-state index contributed by atoms with van der Waals surface area (Å²) in [5.74, 6) is -3.71. The normalized spacial score (nSPS) is 26.0. The molecule has 144 valence electrons. The van der Waals surface area contributed by atoms with E-state index in [-0.39, 0.29) is 15.3 Å². The summed E-state index contributed by atoms with van der Waals surface area (Å²) in [5, 5.41) is 14.4. The predicted molar refractivity (Wildman–Crippen MR) is 88.6 cm³/mol. The highest BCUT2D eigenvalue weighted by Gasteiger charge is 2.69. The van der Waals surface area contributed by atoms with Crippen molar-refractivity contribution in [2.45, 2.75) is 17.9 Å². The minimum atomic E-state index is -5.31. The first-order chi connectivity index (χ1) is 12.6. The number of rotatable bonds is 3. The number of amides is 2. The van der Waals surface area contributed by atoms with Crippen LogP contribution in [-0.4, -0.2) is 40.8 Å². The van der Waals surface area contributed by atoms with E-state index < -0.39 is 41.5 Å². The standard InChI is InChI=1S/C17H14F4N2O3S/c1-23-15(25)22-13(9-4-6-10(18)7-5-9)12(16(23,26)17(19,20)21)14(24)11-3-2-8-27-11/h2-8,12-13,26H,1H3,(H,22,25)/t12-,13+,16+/m1/s1. The van der Waals surface area contributed by atoms with E-state index in [0.717, 1.165) is 42.6 Å². The van der Waals surface area contributed by atoms with Gasteiger partial charge in [-0.15, -0.1) is 11.3 Å². The second-order valence-corrected chi connectivity index (χ2v) is 7.03. The Kier molecular flexibility index (Phi) is 4.73. The Labute approximate surface area is 155 Å². The van der Waals surface area contributed by atoms with Gasteiger partial charge in [0.1, 0.15) is 11.7 Å². The lowest BCUT2D eigenvalue weighted by Crippen LogP contribution is -2.72. The molecular formula is C17H14F4N2O3S. The van der Waals surface area contributed by atoms with Crippen molar-refractivity contribution in [2.24, 2.45) is 5.92 Å². The third kappa shape index (κ3) is 3.08. The number of ketones is 1.